The predicted octanol–water partition coefficient (Wildman–Crippen LogP) is 3.66. The summed E-state index contributed by atoms with van der Waals surface area (Å²) in [5, 5.41) is 13.6. The number of aromatic nitrogens is 2. The molecular weight excluding hydrogens is 322 g/mol. The molecule has 136 valence electrons. The van der Waals surface area contributed by atoms with Gasteiger partial charge in [0.05, 0.1) is 25.3 Å². The highest BCUT2D eigenvalue weighted by Crippen LogP contribution is 2.20. The van der Waals surface area contributed by atoms with E-state index in [2.05, 4.69) is 77.0 Å². The zero-order valence-corrected chi connectivity index (χ0v) is 15.7. The molecule has 1 unspecified atom stereocenters. The van der Waals surface area contributed by atoms with Crippen LogP contribution < -0.4 is 10.6 Å². The van der Waals surface area contributed by atoms with E-state index in [4.69, 9.17) is 0 Å². The van der Waals surface area contributed by atoms with Crippen molar-refractivity contribution in [1.29, 1.82) is 0 Å². The Kier molecular flexibility index (Phi) is 5.89. The second-order valence-corrected chi connectivity index (χ2v) is 6.51. The van der Waals surface area contributed by atoms with Crippen LogP contribution in [0.15, 0.2) is 59.9 Å². The number of guanidine groups is 1. The fourth-order valence-electron chi connectivity index (χ4n) is 2.94. The van der Waals surface area contributed by atoms with Crippen LogP contribution >= 0.6 is 0 Å². The van der Waals surface area contributed by atoms with Gasteiger partial charge in [0, 0.05) is 12.7 Å². The van der Waals surface area contributed by atoms with Crippen molar-refractivity contribution in [3.05, 3.63) is 66.0 Å². The van der Waals surface area contributed by atoms with Crippen molar-refractivity contribution in [2.24, 2.45) is 4.99 Å². The summed E-state index contributed by atoms with van der Waals surface area (Å²) in [6, 6.07) is 15.2. The molecule has 1 aromatic heterocycles. The van der Waals surface area contributed by atoms with E-state index < -0.39 is 0 Å². The molecule has 3 rings (SSSR count). The summed E-state index contributed by atoms with van der Waals surface area (Å²) < 4.78 is 1.93. The van der Waals surface area contributed by atoms with Gasteiger partial charge in [0.25, 0.3) is 0 Å². The minimum absolute atomic E-state index is 0.171. The zero-order chi connectivity index (χ0) is 18.4. The Morgan fingerprint density at radius 2 is 2.00 bits per heavy atom. The molecular formula is C21H27N5. The highest BCUT2D eigenvalue weighted by atomic mass is 15.3. The quantitative estimate of drug-likeness (QED) is 0.527. The van der Waals surface area contributed by atoms with Crippen LogP contribution in [-0.2, 0) is 6.54 Å². The molecule has 0 saturated heterocycles. The molecule has 0 aliphatic rings. The summed E-state index contributed by atoms with van der Waals surface area (Å²) >= 11 is 0. The molecule has 1 atom stereocenters. The summed E-state index contributed by atoms with van der Waals surface area (Å²) in [6.45, 7) is 8.57. The first-order valence-electron chi connectivity index (χ1n) is 9.18. The van der Waals surface area contributed by atoms with Gasteiger partial charge in [-0.3, -0.25) is 9.67 Å². The summed E-state index contributed by atoms with van der Waals surface area (Å²) in [7, 11) is 0. The third-order valence-corrected chi connectivity index (χ3v) is 4.33. The lowest BCUT2D eigenvalue weighted by molar-refractivity contribution is 0.617. The maximum atomic E-state index is 4.68. The van der Waals surface area contributed by atoms with E-state index in [-0.39, 0.29) is 6.04 Å². The van der Waals surface area contributed by atoms with Crippen LogP contribution in [0.25, 0.3) is 10.8 Å². The molecule has 0 spiro atoms. The number of aliphatic imine (C=N–C) groups is 1. The van der Waals surface area contributed by atoms with E-state index in [0.717, 1.165) is 19.0 Å². The third-order valence-electron chi connectivity index (χ3n) is 4.33. The van der Waals surface area contributed by atoms with Crippen LogP contribution in [0.2, 0.25) is 0 Å². The van der Waals surface area contributed by atoms with E-state index >= 15 is 0 Å². The van der Waals surface area contributed by atoms with E-state index in [0.29, 0.717) is 6.54 Å². The number of benzene rings is 2. The second-order valence-electron chi connectivity index (χ2n) is 6.51. The molecule has 26 heavy (non-hydrogen) atoms. The first kappa shape index (κ1) is 18.0. The van der Waals surface area contributed by atoms with Crippen molar-refractivity contribution in [2.45, 2.75) is 33.4 Å². The third kappa shape index (κ3) is 4.63. The average molecular weight is 349 g/mol. The van der Waals surface area contributed by atoms with Crippen molar-refractivity contribution in [2.75, 3.05) is 13.1 Å². The standard InChI is InChI=1S/C21H27N5/c1-4-22-21(23-11-12-26-15-16(2)14-24-26)25-17(3)19-10-9-18-7-5-6-8-20(18)13-19/h5-10,13-15,17H,4,11-12H2,1-3H3,(H2,22,23,25). The largest absolute Gasteiger partial charge is 0.357 e. The lowest BCUT2D eigenvalue weighted by atomic mass is 10.0. The molecule has 5 nitrogen and oxygen atoms in total. The normalized spacial score (nSPS) is 13.0. The average Bonchev–Trinajstić information content (AvgIpc) is 3.06. The van der Waals surface area contributed by atoms with E-state index in [1.165, 1.54) is 21.9 Å². The molecule has 5 heteroatoms. The smallest absolute Gasteiger partial charge is 0.191 e. The Labute approximate surface area is 155 Å². The van der Waals surface area contributed by atoms with E-state index in [9.17, 15) is 0 Å². The van der Waals surface area contributed by atoms with Crippen LogP contribution in [-0.4, -0.2) is 28.8 Å². The number of aryl methyl sites for hydroxylation is 1. The molecule has 0 bridgehead atoms. The van der Waals surface area contributed by atoms with Crippen molar-refractivity contribution in [3.8, 4) is 0 Å². The first-order valence-corrected chi connectivity index (χ1v) is 9.18. The predicted molar refractivity (Wildman–Crippen MR) is 108 cm³/mol. The molecule has 0 fully saturated rings. The van der Waals surface area contributed by atoms with Crippen LogP contribution in [0.5, 0.6) is 0 Å². The van der Waals surface area contributed by atoms with Crippen molar-refractivity contribution >= 4 is 16.7 Å². The van der Waals surface area contributed by atoms with Gasteiger partial charge >= 0.3 is 0 Å². The fourth-order valence-corrected chi connectivity index (χ4v) is 2.94. The van der Waals surface area contributed by atoms with E-state index in [1.807, 2.05) is 24.0 Å². The van der Waals surface area contributed by atoms with Gasteiger partial charge in [-0.05, 0) is 48.7 Å². The SMILES string of the molecule is CCNC(=NCCn1cc(C)cn1)NC(C)c1ccc2ccccc2c1. The maximum absolute atomic E-state index is 4.68. The van der Waals surface area contributed by atoms with E-state index in [1.54, 1.807) is 0 Å². The van der Waals surface area contributed by atoms with Gasteiger partial charge in [0.2, 0.25) is 0 Å². The van der Waals surface area contributed by atoms with Crippen LogP contribution in [0, 0.1) is 6.92 Å². The number of nitrogens with zero attached hydrogens (tertiary/aromatic N) is 3. The molecule has 1 heterocycles. The molecule has 3 aromatic rings. The summed E-state index contributed by atoms with van der Waals surface area (Å²) in [5.41, 5.74) is 2.42. The number of rotatable bonds is 6. The van der Waals surface area contributed by atoms with Gasteiger partial charge in [-0.25, -0.2) is 0 Å². The van der Waals surface area contributed by atoms with Gasteiger partial charge in [-0.15, -0.1) is 0 Å². The minimum Gasteiger partial charge on any atom is -0.357 e. The Balaban J connectivity index is 1.66. The maximum Gasteiger partial charge on any atom is 0.191 e. The van der Waals surface area contributed by atoms with Crippen molar-refractivity contribution in [3.63, 3.8) is 0 Å². The Morgan fingerprint density at radius 1 is 1.19 bits per heavy atom. The first-order chi connectivity index (χ1) is 12.7. The summed E-state index contributed by atoms with van der Waals surface area (Å²) in [5.74, 6) is 0.831. The number of hydrogen-bond donors (Lipinski definition) is 2. The molecule has 0 radical (unpaired) electrons. The zero-order valence-electron chi connectivity index (χ0n) is 15.7. The van der Waals surface area contributed by atoms with Crippen LogP contribution in [0.1, 0.15) is 31.0 Å². The number of hydrogen-bond acceptors (Lipinski definition) is 2. The molecule has 2 aromatic carbocycles. The van der Waals surface area contributed by atoms with Gasteiger partial charge in [-0.2, -0.15) is 5.10 Å². The van der Waals surface area contributed by atoms with Gasteiger partial charge in [0.1, 0.15) is 0 Å². The van der Waals surface area contributed by atoms with Crippen LogP contribution in [0.4, 0.5) is 0 Å². The summed E-state index contributed by atoms with van der Waals surface area (Å²) in [4.78, 5) is 4.68. The monoisotopic (exact) mass is 349 g/mol. The topological polar surface area (TPSA) is 54.2 Å². The number of nitrogens with one attached hydrogen (secondary N) is 2. The Bertz CT molecular complexity index is 881. The molecule has 0 amide bonds. The fraction of sp³-hybridized carbons (Fsp3) is 0.333. The molecule has 0 aliphatic heterocycles. The summed E-state index contributed by atoms with van der Waals surface area (Å²) in [6.07, 6.45) is 3.91. The van der Waals surface area contributed by atoms with Crippen molar-refractivity contribution < 1.29 is 0 Å². The van der Waals surface area contributed by atoms with Gasteiger partial charge < -0.3 is 10.6 Å². The molecule has 0 aliphatic carbocycles. The minimum atomic E-state index is 0.171. The van der Waals surface area contributed by atoms with Gasteiger partial charge in [-0.1, -0.05) is 36.4 Å². The van der Waals surface area contributed by atoms with Gasteiger partial charge in [0.15, 0.2) is 5.96 Å². The highest BCUT2D eigenvalue weighted by molar-refractivity contribution is 5.84. The Hall–Kier alpha value is -2.82. The molecule has 2 N–H and O–H groups in total. The second kappa shape index (κ2) is 8.52. The number of fused-ring (bicyclic) bond motifs is 1. The lowest BCUT2D eigenvalue weighted by Gasteiger charge is -2.18. The lowest BCUT2D eigenvalue weighted by Crippen LogP contribution is -2.39. The highest BCUT2D eigenvalue weighted by Gasteiger charge is 2.08. The van der Waals surface area contributed by atoms with Crippen LogP contribution in [0.3, 0.4) is 0 Å². The molecule has 0 saturated carbocycles. The van der Waals surface area contributed by atoms with Crippen molar-refractivity contribution in [1.82, 2.24) is 20.4 Å². The Morgan fingerprint density at radius 3 is 2.73 bits per heavy atom.